The molecule has 0 amide bonds. The van der Waals surface area contributed by atoms with Crippen LogP contribution in [-0.4, -0.2) is 16.2 Å². The summed E-state index contributed by atoms with van der Waals surface area (Å²) in [5, 5.41) is 8.15. The number of benzene rings is 6. The van der Waals surface area contributed by atoms with E-state index in [1.165, 1.54) is 10.8 Å². The molecule has 1 atom stereocenters. The molecule has 8 aromatic rings. The minimum Gasteiger partial charge on any atom is -0.456 e. The lowest BCUT2D eigenvalue weighted by Gasteiger charge is -2.24. The van der Waals surface area contributed by atoms with Crippen LogP contribution in [0, 0.1) is 0 Å². The van der Waals surface area contributed by atoms with Crippen molar-refractivity contribution in [2.45, 2.75) is 6.17 Å². The fourth-order valence-corrected chi connectivity index (χ4v) is 6.51. The number of aromatic nitrogens is 1. The molecule has 2 aromatic heterocycles. The largest absolute Gasteiger partial charge is 0.456 e. The fraction of sp³-hybridized carbons (Fsp3) is 0.0256. The lowest BCUT2D eigenvalue weighted by Crippen LogP contribution is -2.33. The Balaban J connectivity index is 1.36. The van der Waals surface area contributed by atoms with Gasteiger partial charge in [-0.3, -0.25) is 0 Å². The van der Waals surface area contributed by atoms with Crippen LogP contribution in [0.15, 0.2) is 160 Å². The van der Waals surface area contributed by atoms with Crippen LogP contribution in [0.4, 0.5) is 0 Å². The van der Waals surface area contributed by atoms with Crippen molar-refractivity contribution in [3.05, 3.63) is 162 Å². The van der Waals surface area contributed by atoms with Crippen molar-refractivity contribution in [1.82, 2.24) is 9.88 Å². The van der Waals surface area contributed by atoms with Gasteiger partial charge in [0.2, 0.25) is 0 Å². The zero-order valence-corrected chi connectivity index (χ0v) is 23.7. The number of fused-ring (bicyclic) bond motifs is 7. The van der Waals surface area contributed by atoms with E-state index in [0.29, 0.717) is 5.84 Å². The highest BCUT2D eigenvalue weighted by molar-refractivity contribution is 6.29. The highest BCUT2D eigenvalue weighted by Crippen LogP contribution is 2.42. The molecule has 208 valence electrons. The first-order valence-electron chi connectivity index (χ1n) is 14.8. The summed E-state index contributed by atoms with van der Waals surface area (Å²) in [5.41, 5.74) is 8.06. The maximum atomic E-state index is 6.58. The van der Waals surface area contributed by atoms with Gasteiger partial charge in [-0.15, -0.1) is 0 Å². The van der Waals surface area contributed by atoms with Crippen molar-refractivity contribution in [3.63, 3.8) is 0 Å². The molecule has 5 nitrogen and oxygen atoms in total. The van der Waals surface area contributed by atoms with Crippen LogP contribution in [0.25, 0.3) is 49.4 Å². The van der Waals surface area contributed by atoms with E-state index in [4.69, 9.17) is 14.4 Å². The summed E-state index contributed by atoms with van der Waals surface area (Å²) in [4.78, 5) is 10.2. The number of hydrogen-bond acceptors (Lipinski definition) is 4. The summed E-state index contributed by atoms with van der Waals surface area (Å²) in [7, 11) is 0. The average molecular weight is 567 g/mol. The molecule has 0 saturated heterocycles. The quantitative estimate of drug-likeness (QED) is 0.231. The lowest BCUT2D eigenvalue weighted by atomic mass is 10.0. The van der Waals surface area contributed by atoms with Crippen LogP contribution in [0.5, 0.6) is 0 Å². The van der Waals surface area contributed by atoms with Crippen molar-refractivity contribution in [2.75, 3.05) is 0 Å². The Hall–Kier alpha value is -5.94. The van der Waals surface area contributed by atoms with E-state index in [-0.39, 0.29) is 6.17 Å². The lowest BCUT2D eigenvalue weighted by molar-refractivity contribution is 0.668. The molecule has 44 heavy (non-hydrogen) atoms. The van der Waals surface area contributed by atoms with Crippen molar-refractivity contribution >= 4 is 55.4 Å². The zero-order valence-electron chi connectivity index (χ0n) is 23.7. The topological polar surface area (TPSA) is 54.8 Å². The predicted octanol–water partition coefficient (Wildman–Crippen LogP) is 9.18. The first-order chi connectivity index (χ1) is 21.8. The van der Waals surface area contributed by atoms with Crippen LogP contribution < -0.4 is 5.32 Å². The number of amidine groups is 2. The molecule has 0 bridgehead atoms. The standard InChI is InChI=1S/C39H26N4O/c1-4-13-25(14-5-1)37-40-38(26-15-6-2-7-16-26)42-39(41-37)30-20-12-22-32-34(30)35-33(44-32)24-23-29-28-19-10-11-21-31(28)43(36(29)35)27-17-8-3-9-18-27/h1-24,37H,(H,40,41,42). The van der Waals surface area contributed by atoms with Crippen molar-refractivity contribution in [1.29, 1.82) is 0 Å². The maximum Gasteiger partial charge on any atom is 0.159 e. The van der Waals surface area contributed by atoms with Gasteiger partial charge in [-0.05, 0) is 42.0 Å². The van der Waals surface area contributed by atoms with E-state index in [1.54, 1.807) is 0 Å². The first-order valence-corrected chi connectivity index (χ1v) is 14.8. The number of aliphatic imine (C=N–C) groups is 2. The Kier molecular flexibility index (Phi) is 5.50. The SMILES string of the molecule is c1ccc(C2=NC(c3ccccc3)NC(c3cccc4oc5ccc6c7ccccc7n(-c7ccccc7)c6c5c34)=N2)cc1. The Morgan fingerprint density at radius 3 is 2.11 bits per heavy atom. The van der Waals surface area contributed by atoms with E-state index in [0.717, 1.165) is 61.2 Å². The number of hydrogen-bond donors (Lipinski definition) is 1. The van der Waals surface area contributed by atoms with E-state index >= 15 is 0 Å². The third-order valence-corrected chi connectivity index (χ3v) is 8.45. The molecule has 5 heteroatoms. The summed E-state index contributed by atoms with van der Waals surface area (Å²) < 4.78 is 8.94. The summed E-state index contributed by atoms with van der Waals surface area (Å²) in [6.45, 7) is 0. The Morgan fingerprint density at radius 1 is 0.591 bits per heavy atom. The molecule has 1 N–H and O–H groups in total. The Labute approximate surface area is 253 Å². The number of rotatable bonds is 4. The molecular weight excluding hydrogens is 540 g/mol. The predicted molar refractivity (Wildman–Crippen MR) is 180 cm³/mol. The molecule has 0 aliphatic carbocycles. The first kappa shape index (κ1) is 24.6. The molecular formula is C39H26N4O. The molecule has 0 saturated carbocycles. The number of furan rings is 1. The normalized spacial score (nSPS) is 15.0. The van der Waals surface area contributed by atoms with Gasteiger partial charge < -0.3 is 14.3 Å². The van der Waals surface area contributed by atoms with E-state index < -0.39 is 0 Å². The second-order valence-electron chi connectivity index (χ2n) is 11.0. The van der Waals surface area contributed by atoms with Crippen molar-refractivity contribution in [3.8, 4) is 5.69 Å². The van der Waals surface area contributed by atoms with Crippen LogP contribution >= 0.6 is 0 Å². The van der Waals surface area contributed by atoms with Crippen LogP contribution in [0.3, 0.4) is 0 Å². The summed E-state index contributed by atoms with van der Waals surface area (Å²) in [6.07, 6.45) is -0.289. The Morgan fingerprint density at radius 2 is 1.30 bits per heavy atom. The fourth-order valence-electron chi connectivity index (χ4n) is 6.51. The summed E-state index contributed by atoms with van der Waals surface area (Å²) in [5.74, 6) is 1.46. The van der Waals surface area contributed by atoms with Gasteiger partial charge in [0.15, 0.2) is 5.84 Å². The van der Waals surface area contributed by atoms with Crippen LogP contribution in [0.1, 0.15) is 22.9 Å². The van der Waals surface area contributed by atoms with Gasteiger partial charge in [0.25, 0.3) is 0 Å². The number of para-hydroxylation sites is 2. The van der Waals surface area contributed by atoms with Gasteiger partial charge in [0, 0.05) is 33.0 Å². The number of nitrogens with one attached hydrogen (secondary N) is 1. The molecule has 9 rings (SSSR count). The van der Waals surface area contributed by atoms with E-state index in [9.17, 15) is 0 Å². The molecule has 0 fully saturated rings. The highest BCUT2D eigenvalue weighted by atomic mass is 16.3. The van der Waals surface area contributed by atoms with Crippen LogP contribution in [0.2, 0.25) is 0 Å². The smallest absolute Gasteiger partial charge is 0.159 e. The van der Waals surface area contributed by atoms with Gasteiger partial charge in [0.05, 0.1) is 16.4 Å². The Bertz CT molecular complexity index is 2400. The third-order valence-electron chi connectivity index (χ3n) is 8.45. The second kappa shape index (κ2) is 9.82. The number of nitrogens with zero attached hydrogens (tertiary/aromatic N) is 3. The molecule has 6 aromatic carbocycles. The maximum absolute atomic E-state index is 6.58. The van der Waals surface area contributed by atoms with Gasteiger partial charge in [-0.2, -0.15) is 0 Å². The molecule has 1 aliphatic heterocycles. The molecule has 1 unspecified atom stereocenters. The molecule has 0 radical (unpaired) electrons. The van der Waals surface area contributed by atoms with Gasteiger partial charge >= 0.3 is 0 Å². The van der Waals surface area contributed by atoms with Gasteiger partial charge in [-0.25, -0.2) is 9.98 Å². The minimum absolute atomic E-state index is 0.289. The summed E-state index contributed by atoms with van der Waals surface area (Å²) in [6, 6.07) is 50.2. The highest BCUT2D eigenvalue weighted by Gasteiger charge is 2.25. The summed E-state index contributed by atoms with van der Waals surface area (Å²) >= 11 is 0. The molecule has 0 spiro atoms. The van der Waals surface area contributed by atoms with Crippen LogP contribution in [-0.2, 0) is 0 Å². The van der Waals surface area contributed by atoms with Crippen molar-refractivity contribution < 1.29 is 4.42 Å². The van der Waals surface area contributed by atoms with Gasteiger partial charge in [0.1, 0.15) is 23.2 Å². The van der Waals surface area contributed by atoms with Gasteiger partial charge in [-0.1, -0.05) is 109 Å². The monoisotopic (exact) mass is 566 g/mol. The zero-order chi connectivity index (χ0) is 29.0. The second-order valence-corrected chi connectivity index (χ2v) is 11.0. The van der Waals surface area contributed by atoms with E-state index in [2.05, 4.69) is 107 Å². The van der Waals surface area contributed by atoms with Crippen molar-refractivity contribution in [2.24, 2.45) is 9.98 Å². The third kappa shape index (κ3) is 3.80. The minimum atomic E-state index is -0.289. The average Bonchev–Trinajstić information content (AvgIpc) is 3.65. The van der Waals surface area contributed by atoms with E-state index in [1.807, 2.05) is 48.5 Å². The molecule has 1 aliphatic rings. The molecule has 3 heterocycles.